The molecule has 0 saturated heterocycles. The van der Waals surface area contributed by atoms with Crippen molar-refractivity contribution in [1.82, 2.24) is 10.6 Å². The van der Waals surface area contributed by atoms with Gasteiger partial charge >= 0.3 is 0 Å². The SMILES string of the molecule is O=C(CCNCCc1cccc(Cl)c1)NC1CCCC1. The molecule has 1 aliphatic carbocycles. The normalized spacial score (nSPS) is 15.4. The van der Waals surface area contributed by atoms with Crippen LogP contribution in [0.2, 0.25) is 5.02 Å². The summed E-state index contributed by atoms with van der Waals surface area (Å²) in [5.41, 5.74) is 1.22. The van der Waals surface area contributed by atoms with Crippen LogP contribution in [0.1, 0.15) is 37.7 Å². The van der Waals surface area contributed by atoms with E-state index in [-0.39, 0.29) is 5.91 Å². The molecule has 1 fully saturated rings. The van der Waals surface area contributed by atoms with Gasteiger partial charge in [-0.25, -0.2) is 0 Å². The standard InChI is InChI=1S/C16H23ClN2O/c17-14-5-3-4-13(12-14)8-10-18-11-9-16(20)19-15-6-1-2-7-15/h3-5,12,15,18H,1-2,6-11H2,(H,19,20). The average molecular weight is 295 g/mol. The van der Waals surface area contributed by atoms with E-state index in [1.54, 1.807) is 0 Å². The molecule has 0 aliphatic heterocycles. The molecule has 1 saturated carbocycles. The van der Waals surface area contributed by atoms with Gasteiger partial charge in [-0.2, -0.15) is 0 Å². The summed E-state index contributed by atoms with van der Waals surface area (Å²) in [6, 6.07) is 8.32. The minimum absolute atomic E-state index is 0.173. The molecular formula is C16H23ClN2O. The van der Waals surface area contributed by atoms with Gasteiger partial charge in [0.25, 0.3) is 0 Å². The Bertz CT molecular complexity index is 430. The van der Waals surface area contributed by atoms with Crippen molar-refractivity contribution in [2.24, 2.45) is 0 Å². The van der Waals surface area contributed by atoms with Crippen molar-refractivity contribution in [2.75, 3.05) is 13.1 Å². The molecule has 4 heteroatoms. The number of amides is 1. The lowest BCUT2D eigenvalue weighted by Crippen LogP contribution is -2.34. The summed E-state index contributed by atoms with van der Waals surface area (Å²) in [5.74, 6) is 0.173. The fourth-order valence-electron chi connectivity index (χ4n) is 2.62. The summed E-state index contributed by atoms with van der Waals surface area (Å²) in [6.45, 7) is 1.61. The number of nitrogens with one attached hydrogen (secondary N) is 2. The third-order valence-corrected chi connectivity index (χ3v) is 3.96. The molecule has 1 amide bonds. The maximum Gasteiger partial charge on any atom is 0.221 e. The van der Waals surface area contributed by atoms with Gasteiger partial charge in [0.2, 0.25) is 5.91 Å². The first-order chi connectivity index (χ1) is 9.74. The molecule has 0 atom stereocenters. The van der Waals surface area contributed by atoms with Crippen molar-refractivity contribution in [1.29, 1.82) is 0 Å². The minimum atomic E-state index is 0.173. The van der Waals surface area contributed by atoms with Gasteiger partial charge in [0, 0.05) is 24.0 Å². The van der Waals surface area contributed by atoms with Gasteiger partial charge in [-0.05, 0) is 43.5 Å². The Balaban J connectivity index is 1.53. The molecule has 1 aliphatic rings. The second-order valence-corrected chi connectivity index (χ2v) is 5.87. The van der Waals surface area contributed by atoms with Crippen LogP contribution in [0.3, 0.4) is 0 Å². The van der Waals surface area contributed by atoms with Gasteiger partial charge in [-0.1, -0.05) is 36.6 Å². The predicted octanol–water partition coefficient (Wildman–Crippen LogP) is 2.92. The predicted molar refractivity (Wildman–Crippen MR) is 83.0 cm³/mol. The lowest BCUT2D eigenvalue weighted by atomic mass is 10.1. The van der Waals surface area contributed by atoms with Gasteiger partial charge in [0.15, 0.2) is 0 Å². The molecule has 0 heterocycles. The number of hydrogen-bond acceptors (Lipinski definition) is 2. The summed E-state index contributed by atoms with van der Waals surface area (Å²) in [6.07, 6.45) is 6.30. The summed E-state index contributed by atoms with van der Waals surface area (Å²) < 4.78 is 0. The molecule has 1 aromatic rings. The second kappa shape index (κ2) is 8.28. The van der Waals surface area contributed by atoms with Crippen molar-refractivity contribution in [3.8, 4) is 0 Å². The molecule has 20 heavy (non-hydrogen) atoms. The zero-order chi connectivity index (χ0) is 14.2. The van der Waals surface area contributed by atoms with E-state index in [0.717, 1.165) is 37.4 Å². The van der Waals surface area contributed by atoms with Crippen molar-refractivity contribution in [2.45, 2.75) is 44.6 Å². The highest BCUT2D eigenvalue weighted by molar-refractivity contribution is 6.30. The maximum absolute atomic E-state index is 11.7. The van der Waals surface area contributed by atoms with Gasteiger partial charge in [0.1, 0.15) is 0 Å². The van der Waals surface area contributed by atoms with Crippen molar-refractivity contribution < 1.29 is 4.79 Å². The molecule has 3 nitrogen and oxygen atoms in total. The third-order valence-electron chi connectivity index (χ3n) is 3.73. The third kappa shape index (κ3) is 5.51. The number of rotatable bonds is 7. The zero-order valence-corrected chi connectivity index (χ0v) is 12.6. The molecule has 0 aromatic heterocycles. The second-order valence-electron chi connectivity index (χ2n) is 5.43. The first-order valence-electron chi connectivity index (χ1n) is 7.48. The molecule has 0 unspecified atom stereocenters. The fourth-order valence-corrected chi connectivity index (χ4v) is 2.83. The summed E-state index contributed by atoms with van der Waals surface area (Å²) in [5, 5.41) is 7.18. The highest BCUT2D eigenvalue weighted by atomic mass is 35.5. The van der Waals surface area contributed by atoms with Crippen LogP contribution in [0.4, 0.5) is 0 Å². The Hall–Kier alpha value is -1.06. The maximum atomic E-state index is 11.7. The van der Waals surface area contributed by atoms with E-state index in [2.05, 4.69) is 16.7 Å². The van der Waals surface area contributed by atoms with Crippen LogP contribution in [0.15, 0.2) is 24.3 Å². The van der Waals surface area contributed by atoms with Gasteiger partial charge < -0.3 is 10.6 Å². The number of halogens is 1. The summed E-state index contributed by atoms with van der Waals surface area (Å²) in [4.78, 5) is 11.7. The molecular weight excluding hydrogens is 272 g/mol. The number of benzene rings is 1. The van der Waals surface area contributed by atoms with E-state index in [1.165, 1.54) is 18.4 Å². The molecule has 2 N–H and O–H groups in total. The first kappa shape index (κ1) is 15.3. The highest BCUT2D eigenvalue weighted by Gasteiger charge is 2.16. The number of hydrogen-bond donors (Lipinski definition) is 2. The van der Waals surface area contributed by atoms with Gasteiger partial charge in [0.05, 0.1) is 0 Å². The molecule has 0 radical (unpaired) electrons. The van der Waals surface area contributed by atoms with E-state index in [4.69, 9.17) is 11.6 Å². The van der Waals surface area contributed by atoms with Crippen LogP contribution >= 0.6 is 11.6 Å². The van der Waals surface area contributed by atoms with Crippen LogP contribution in [-0.2, 0) is 11.2 Å². The number of carbonyl (C=O) groups excluding carboxylic acids is 1. The quantitative estimate of drug-likeness (QED) is 0.759. The first-order valence-corrected chi connectivity index (χ1v) is 7.86. The van der Waals surface area contributed by atoms with E-state index < -0.39 is 0 Å². The van der Waals surface area contributed by atoms with Crippen LogP contribution in [0.5, 0.6) is 0 Å². The monoisotopic (exact) mass is 294 g/mol. The Morgan fingerprint density at radius 3 is 2.80 bits per heavy atom. The lowest BCUT2D eigenvalue weighted by Gasteiger charge is -2.12. The van der Waals surface area contributed by atoms with Crippen LogP contribution in [0, 0.1) is 0 Å². The largest absolute Gasteiger partial charge is 0.353 e. The topological polar surface area (TPSA) is 41.1 Å². The van der Waals surface area contributed by atoms with E-state index >= 15 is 0 Å². The smallest absolute Gasteiger partial charge is 0.221 e. The van der Waals surface area contributed by atoms with Crippen molar-refractivity contribution in [3.63, 3.8) is 0 Å². The Morgan fingerprint density at radius 2 is 2.05 bits per heavy atom. The van der Waals surface area contributed by atoms with Crippen LogP contribution in [-0.4, -0.2) is 25.0 Å². The molecule has 1 aromatic carbocycles. The number of carbonyl (C=O) groups is 1. The Kier molecular flexibility index (Phi) is 6.34. The highest BCUT2D eigenvalue weighted by Crippen LogP contribution is 2.17. The summed E-state index contributed by atoms with van der Waals surface area (Å²) in [7, 11) is 0. The van der Waals surface area contributed by atoms with Crippen molar-refractivity contribution >= 4 is 17.5 Å². The molecule has 0 bridgehead atoms. The molecule has 2 rings (SSSR count). The van der Waals surface area contributed by atoms with Crippen LogP contribution in [0.25, 0.3) is 0 Å². The fraction of sp³-hybridized carbons (Fsp3) is 0.562. The molecule has 110 valence electrons. The van der Waals surface area contributed by atoms with Gasteiger partial charge in [-0.3, -0.25) is 4.79 Å². The average Bonchev–Trinajstić information content (AvgIpc) is 2.91. The minimum Gasteiger partial charge on any atom is -0.353 e. The van der Waals surface area contributed by atoms with Crippen LogP contribution < -0.4 is 10.6 Å². The Morgan fingerprint density at radius 1 is 1.25 bits per heavy atom. The van der Waals surface area contributed by atoms with Crippen molar-refractivity contribution in [3.05, 3.63) is 34.9 Å². The zero-order valence-electron chi connectivity index (χ0n) is 11.8. The Labute approximate surface area is 126 Å². The summed E-state index contributed by atoms with van der Waals surface area (Å²) >= 11 is 5.93. The van der Waals surface area contributed by atoms with E-state index in [9.17, 15) is 4.79 Å². The lowest BCUT2D eigenvalue weighted by molar-refractivity contribution is -0.121. The molecule has 0 spiro atoms. The van der Waals surface area contributed by atoms with E-state index in [0.29, 0.717) is 12.5 Å². The van der Waals surface area contributed by atoms with Gasteiger partial charge in [-0.15, -0.1) is 0 Å². The van der Waals surface area contributed by atoms with E-state index in [1.807, 2.05) is 18.2 Å².